The highest BCUT2D eigenvalue weighted by molar-refractivity contribution is 14.1. The molecular formula is C10H16IN3O2. The lowest BCUT2D eigenvalue weighted by atomic mass is 10.4. The fourth-order valence-electron chi connectivity index (χ4n) is 1.26. The lowest BCUT2D eigenvalue weighted by Gasteiger charge is -2.06. The lowest BCUT2D eigenvalue weighted by Crippen LogP contribution is -2.26. The normalized spacial score (nSPS) is 10.6. The Kier molecular flexibility index (Phi) is 6.58. The molecule has 0 spiro atoms. The van der Waals surface area contributed by atoms with Gasteiger partial charge in [0.15, 0.2) is 0 Å². The highest BCUT2D eigenvalue weighted by Crippen LogP contribution is 1.93. The van der Waals surface area contributed by atoms with E-state index < -0.39 is 0 Å². The Balaban J connectivity index is 2.27. The highest BCUT2D eigenvalue weighted by Gasteiger charge is 1.99. The Bertz CT molecular complexity index is 367. The molecule has 0 atom stereocenters. The number of nitrogens with one attached hydrogen (secondary N) is 1. The Labute approximate surface area is 108 Å². The van der Waals surface area contributed by atoms with Crippen LogP contribution in [0.4, 0.5) is 0 Å². The summed E-state index contributed by atoms with van der Waals surface area (Å²) in [5.74, 6) is 0. The molecule has 0 aliphatic heterocycles. The SMILES string of the molecule is COCCNCCCn1cncc(I)c1=O. The molecule has 0 amide bonds. The molecule has 0 radical (unpaired) electrons. The first-order valence-corrected chi connectivity index (χ1v) is 6.23. The van der Waals surface area contributed by atoms with Gasteiger partial charge in [-0.05, 0) is 35.6 Å². The number of methoxy groups -OCH3 is 1. The van der Waals surface area contributed by atoms with Crippen molar-refractivity contribution in [3.63, 3.8) is 0 Å². The standard InChI is InChI=1S/C10H16IN3O2/c1-16-6-4-12-3-2-5-14-8-13-7-9(11)10(14)15/h7-8,12H,2-6H2,1H3. The van der Waals surface area contributed by atoms with E-state index in [2.05, 4.69) is 10.3 Å². The first kappa shape index (κ1) is 13.6. The molecule has 0 aliphatic rings. The third-order valence-electron chi connectivity index (χ3n) is 2.09. The summed E-state index contributed by atoms with van der Waals surface area (Å²) in [5.41, 5.74) is 0.0347. The number of aryl methyl sites for hydroxylation is 1. The van der Waals surface area contributed by atoms with E-state index >= 15 is 0 Å². The van der Waals surface area contributed by atoms with E-state index in [1.807, 2.05) is 22.6 Å². The predicted molar refractivity (Wildman–Crippen MR) is 70.6 cm³/mol. The zero-order chi connectivity index (χ0) is 11.8. The van der Waals surface area contributed by atoms with Crippen LogP contribution in [0.1, 0.15) is 6.42 Å². The van der Waals surface area contributed by atoms with E-state index in [9.17, 15) is 4.79 Å². The van der Waals surface area contributed by atoms with Crippen molar-refractivity contribution in [2.24, 2.45) is 0 Å². The second-order valence-electron chi connectivity index (χ2n) is 3.34. The molecular weight excluding hydrogens is 321 g/mol. The third-order valence-corrected chi connectivity index (χ3v) is 2.83. The Morgan fingerprint density at radius 3 is 3.12 bits per heavy atom. The first-order chi connectivity index (χ1) is 7.75. The second-order valence-corrected chi connectivity index (χ2v) is 4.50. The minimum absolute atomic E-state index is 0.0347. The molecule has 1 N–H and O–H groups in total. The minimum atomic E-state index is 0.0347. The largest absolute Gasteiger partial charge is 0.383 e. The fraction of sp³-hybridized carbons (Fsp3) is 0.600. The summed E-state index contributed by atoms with van der Waals surface area (Å²) in [6, 6.07) is 0. The molecule has 1 aromatic rings. The maximum absolute atomic E-state index is 11.6. The summed E-state index contributed by atoms with van der Waals surface area (Å²) in [4.78, 5) is 15.6. The molecule has 1 aromatic heterocycles. The molecule has 0 aliphatic carbocycles. The van der Waals surface area contributed by atoms with Crippen LogP contribution in [0.15, 0.2) is 17.3 Å². The summed E-state index contributed by atoms with van der Waals surface area (Å²) in [6.45, 7) is 3.13. The van der Waals surface area contributed by atoms with Crippen LogP contribution in [0, 0.1) is 3.57 Å². The van der Waals surface area contributed by atoms with Crippen molar-refractivity contribution in [2.75, 3.05) is 26.8 Å². The van der Waals surface area contributed by atoms with Gasteiger partial charge in [-0.3, -0.25) is 9.36 Å². The first-order valence-electron chi connectivity index (χ1n) is 5.15. The van der Waals surface area contributed by atoms with Gasteiger partial charge in [0.1, 0.15) is 0 Å². The summed E-state index contributed by atoms with van der Waals surface area (Å²) in [6.07, 6.45) is 4.07. The van der Waals surface area contributed by atoms with Gasteiger partial charge in [-0.15, -0.1) is 0 Å². The number of hydrogen-bond acceptors (Lipinski definition) is 4. The Morgan fingerprint density at radius 2 is 2.38 bits per heavy atom. The van der Waals surface area contributed by atoms with Gasteiger partial charge >= 0.3 is 0 Å². The van der Waals surface area contributed by atoms with Crippen LogP contribution in [0.3, 0.4) is 0 Å². The number of nitrogens with zero attached hydrogens (tertiary/aromatic N) is 2. The number of ether oxygens (including phenoxy) is 1. The zero-order valence-electron chi connectivity index (χ0n) is 9.28. The van der Waals surface area contributed by atoms with Crippen molar-refractivity contribution in [2.45, 2.75) is 13.0 Å². The van der Waals surface area contributed by atoms with Gasteiger partial charge in [-0.25, -0.2) is 4.98 Å². The van der Waals surface area contributed by atoms with E-state index in [1.165, 1.54) is 0 Å². The maximum Gasteiger partial charge on any atom is 0.266 e. The zero-order valence-corrected chi connectivity index (χ0v) is 11.4. The molecule has 5 nitrogen and oxygen atoms in total. The van der Waals surface area contributed by atoms with Gasteiger partial charge in [0, 0.05) is 26.4 Å². The van der Waals surface area contributed by atoms with Crippen LogP contribution in [-0.2, 0) is 11.3 Å². The Hall–Kier alpha value is -0.470. The molecule has 0 fully saturated rings. The summed E-state index contributed by atoms with van der Waals surface area (Å²) < 4.78 is 7.21. The molecule has 6 heteroatoms. The predicted octanol–water partition coefficient (Wildman–Crippen LogP) is 0.474. The molecule has 0 unspecified atom stereocenters. The van der Waals surface area contributed by atoms with Gasteiger partial charge in [-0.1, -0.05) is 0 Å². The lowest BCUT2D eigenvalue weighted by molar-refractivity contribution is 0.199. The van der Waals surface area contributed by atoms with Crippen LogP contribution in [0.5, 0.6) is 0 Å². The van der Waals surface area contributed by atoms with Crippen molar-refractivity contribution < 1.29 is 4.74 Å². The van der Waals surface area contributed by atoms with Crippen molar-refractivity contribution >= 4 is 22.6 Å². The van der Waals surface area contributed by atoms with Crippen LogP contribution in [0.25, 0.3) is 0 Å². The van der Waals surface area contributed by atoms with Gasteiger partial charge in [-0.2, -0.15) is 0 Å². The van der Waals surface area contributed by atoms with Crippen LogP contribution in [0.2, 0.25) is 0 Å². The summed E-state index contributed by atoms with van der Waals surface area (Å²) in [5, 5.41) is 3.23. The summed E-state index contributed by atoms with van der Waals surface area (Å²) >= 11 is 2.00. The van der Waals surface area contributed by atoms with Crippen molar-refractivity contribution in [3.8, 4) is 0 Å². The molecule has 0 saturated heterocycles. The van der Waals surface area contributed by atoms with E-state index in [0.717, 1.165) is 19.5 Å². The van der Waals surface area contributed by atoms with Crippen molar-refractivity contribution in [1.29, 1.82) is 0 Å². The molecule has 1 heterocycles. The van der Waals surface area contributed by atoms with Gasteiger partial charge in [0.2, 0.25) is 0 Å². The molecule has 90 valence electrons. The van der Waals surface area contributed by atoms with Gasteiger partial charge in [0.05, 0.1) is 16.5 Å². The van der Waals surface area contributed by atoms with E-state index in [-0.39, 0.29) is 5.56 Å². The second kappa shape index (κ2) is 7.75. The van der Waals surface area contributed by atoms with Crippen LogP contribution < -0.4 is 10.9 Å². The number of rotatable bonds is 7. The Morgan fingerprint density at radius 1 is 1.56 bits per heavy atom. The third kappa shape index (κ3) is 4.58. The van der Waals surface area contributed by atoms with Crippen molar-refractivity contribution in [3.05, 3.63) is 26.4 Å². The smallest absolute Gasteiger partial charge is 0.266 e. The topological polar surface area (TPSA) is 56.1 Å². The van der Waals surface area contributed by atoms with Crippen LogP contribution >= 0.6 is 22.6 Å². The van der Waals surface area contributed by atoms with E-state index in [4.69, 9.17) is 4.74 Å². The van der Waals surface area contributed by atoms with Crippen LogP contribution in [-0.4, -0.2) is 36.4 Å². The van der Waals surface area contributed by atoms with E-state index in [0.29, 0.717) is 16.7 Å². The molecule has 16 heavy (non-hydrogen) atoms. The average Bonchev–Trinajstić information content (AvgIpc) is 2.29. The fourth-order valence-corrected chi connectivity index (χ4v) is 1.73. The van der Waals surface area contributed by atoms with Gasteiger partial charge < -0.3 is 10.1 Å². The minimum Gasteiger partial charge on any atom is -0.383 e. The molecule has 0 aromatic carbocycles. The van der Waals surface area contributed by atoms with Crippen molar-refractivity contribution in [1.82, 2.24) is 14.9 Å². The number of halogens is 1. The molecule has 1 rings (SSSR count). The number of hydrogen-bond donors (Lipinski definition) is 1. The monoisotopic (exact) mass is 337 g/mol. The quantitative estimate of drug-likeness (QED) is 0.581. The maximum atomic E-state index is 11.6. The van der Waals surface area contributed by atoms with E-state index in [1.54, 1.807) is 24.2 Å². The molecule has 0 bridgehead atoms. The average molecular weight is 337 g/mol. The highest BCUT2D eigenvalue weighted by atomic mass is 127. The van der Waals surface area contributed by atoms with Gasteiger partial charge in [0.25, 0.3) is 5.56 Å². The number of aromatic nitrogens is 2. The summed E-state index contributed by atoms with van der Waals surface area (Å²) in [7, 11) is 1.68. The molecule has 0 saturated carbocycles.